The van der Waals surface area contributed by atoms with Gasteiger partial charge in [-0.25, -0.2) is 4.79 Å². The standard InChI is InChI=1S/C13H16O3/c1-3-7-10(4-2)16-13(15)11-8-5-6-9-12(11)14/h4-6,8-10,14H,2-3,7H2,1H3. The van der Waals surface area contributed by atoms with Crippen LogP contribution < -0.4 is 0 Å². The molecule has 0 spiro atoms. The Kier molecular flexibility index (Phi) is 4.58. The number of phenols is 1. The molecule has 86 valence electrons. The van der Waals surface area contributed by atoms with Crippen LogP contribution in [0, 0.1) is 0 Å². The lowest BCUT2D eigenvalue weighted by Gasteiger charge is -2.13. The molecule has 0 radical (unpaired) electrons. The number of phenolic OH excluding ortho intramolecular Hbond substituents is 1. The van der Waals surface area contributed by atoms with Gasteiger partial charge in [0.15, 0.2) is 0 Å². The number of hydrogen-bond acceptors (Lipinski definition) is 3. The second kappa shape index (κ2) is 5.95. The molecule has 0 saturated carbocycles. The number of hydrogen-bond donors (Lipinski definition) is 1. The summed E-state index contributed by atoms with van der Waals surface area (Å²) in [5.41, 5.74) is 0.186. The predicted molar refractivity (Wildman–Crippen MR) is 62.4 cm³/mol. The molecule has 0 aliphatic carbocycles. The SMILES string of the molecule is C=CC(CCC)OC(=O)c1ccccc1O. The summed E-state index contributed by atoms with van der Waals surface area (Å²) < 4.78 is 5.19. The van der Waals surface area contributed by atoms with Gasteiger partial charge in [-0.05, 0) is 18.6 Å². The minimum absolute atomic E-state index is 0.0631. The summed E-state index contributed by atoms with van der Waals surface area (Å²) in [5, 5.41) is 9.47. The number of ether oxygens (including phenoxy) is 1. The van der Waals surface area contributed by atoms with E-state index in [1.807, 2.05) is 6.92 Å². The topological polar surface area (TPSA) is 46.5 Å². The number of carbonyl (C=O) groups excluding carboxylic acids is 1. The van der Waals surface area contributed by atoms with E-state index >= 15 is 0 Å². The van der Waals surface area contributed by atoms with Crippen LogP contribution in [0.4, 0.5) is 0 Å². The average molecular weight is 220 g/mol. The Hall–Kier alpha value is -1.77. The van der Waals surface area contributed by atoms with Crippen molar-refractivity contribution in [1.29, 1.82) is 0 Å². The lowest BCUT2D eigenvalue weighted by Crippen LogP contribution is -2.15. The highest BCUT2D eigenvalue weighted by Gasteiger charge is 2.15. The van der Waals surface area contributed by atoms with Gasteiger partial charge in [-0.2, -0.15) is 0 Å². The van der Waals surface area contributed by atoms with Crippen LogP contribution in [-0.2, 0) is 4.74 Å². The Morgan fingerprint density at radius 3 is 2.81 bits per heavy atom. The van der Waals surface area contributed by atoms with E-state index in [-0.39, 0.29) is 17.4 Å². The highest BCUT2D eigenvalue weighted by molar-refractivity contribution is 5.92. The maximum atomic E-state index is 11.7. The van der Waals surface area contributed by atoms with E-state index in [1.165, 1.54) is 12.1 Å². The van der Waals surface area contributed by atoms with Gasteiger partial charge in [0, 0.05) is 0 Å². The second-order valence-corrected chi connectivity index (χ2v) is 3.49. The number of aromatic hydroxyl groups is 1. The van der Waals surface area contributed by atoms with Gasteiger partial charge in [-0.15, -0.1) is 0 Å². The molecule has 0 aliphatic rings. The quantitative estimate of drug-likeness (QED) is 0.613. The van der Waals surface area contributed by atoms with E-state index in [0.29, 0.717) is 0 Å². The summed E-state index contributed by atoms with van der Waals surface area (Å²) in [5.74, 6) is -0.580. The van der Waals surface area contributed by atoms with Crippen molar-refractivity contribution in [1.82, 2.24) is 0 Å². The summed E-state index contributed by atoms with van der Waals surface area (Å²) in [7, 11) is 0. The predicted octanol–water partition coefficient (Wildman–Crippen LogP) is 2.90. The van der Waals surface area contributed by atoms with Crippen LogP contribution in [0.5, 0.6) is 5.75 Å². The van der Waals surface area contributed by atoms with Gasteiger partial charge in [-0.1, -0.05) is 38.1 Å². The van der Waals surface area contributed by atoms with E-state index in [2.05, 4.69) is 6.58 Å². The van der Waals surface area contributed by atoms with Gasteiger partial charge < -0.3 is 9.84 Å². The summed E-state index contributed by atoms with van der Waals surface area (Å²) in [6.07, 6.45) is 2.95. The van der Waals surface area contributed by atoms with Gasteiger partial charge in [0.25, 0.3) is 0 Å². The molecule has 0 heterocycles. The smallest absolute Gasteiger partial charge is 0.342 e. The fourth-order valence-electron chi connectivity index (χ4n) is 1.36. The Bertz CT molecular complexity index is 371. The second-order valence-electron chi connectivity index (χ2n) is 3.49. The first-order valence-electron chi connectivity index (χ1n) is 5.30. The minimum atomic E-state index is -0.517. The van der Waals surface area contributed by atoms with E-state index < -0.39 is 5.97 Å². The number of para-hydroxylation sites is 1. The summed E-state index contributed by atoms with van der Waals surface area (Å²) in [6, 6.07) is 6.32. The highest BCUT2D eigenvalue weighted by atomic mass is 16.5. The molecule has 3 nitrogen and oxygen atoms in total. The third-order valence-electron chi connectivity index (χ3n) is 2.22. The van der Waals surface area contributed by atoms with E-state index in [1.54, 1.807) is 18.2 Å². The molecule has 1 rings (SSSR count). The molecular formula is C13H16O3. The van der Waals surface area contributed by atoms with Crippen molar-refractivity contribution in [3.63, 3.8) is 0 Å². The molecular weight excluding hydrogens is 204 g/mol. The maximum Gasteiger partial charge on any atom is 0.342 e. The molecule has 0 aromatic heterocycles. The van der Waals surface area contributed by atoms with Gasteiger partial charge >= 0.3 is 5.97 Å². The Balaban J connectivity index is 2.72. The Morgan fingerprint density at radius 2 is 2.25 bits per heavy atom. The van der Waals surface area contributed by atoms with Crippen molar-refractivity contribution in [2.24, 2.45) is 0 Å². The molecule has 1 N–H and O–H groups in total. The number of esters is 1. The number of rotatable bonds is 5. The lowest BCUT2D eigenvalue weighted by molar-refractivity contribution is 0.0377. The molecule has 0 aliphatic heterocycles. The molecule has 0 fully saturated rings. The molecule has 16 heavy (non-hydrogen) atoms. The van der Waals surface area contributed by atoms with Crippen LogP contribution in [-0.4, -0.2) is 17.2 Å². The van der Waals surface area contributed by atoms with Crippen LogP contribution in [0.2, 0.25) is 0 Å². The fraction of sp³-hybridized carbons (Fsp3) is 0.308. The summed E-state index contributed by atoms with van der Waals surface area (Å²) >= 11 is 0. The van der Waals surface area contributed by atoms with Gasteiger partial charge in [0.1, 0.15) is 17.4 Å². The van der Waals surface area contributed by atoms with Crippen molar-refractivity contribution in [3.05, 3.63) is 42.5 Å². The summed E-state index contributed by atoms with van der Waals surface area (Å²) in [4.78, 5) is 11.7. The first-order valence-corrected chi connectivity index (χ1v) is 5.30. The Morgan fingerprint density at radius 1 is 1.56 bits per heavy atom. The molecule has 1 aromatic rings. The zero-order valence-corrected chi connectivity index (χ0v) is 9.35. The van der Waals surface area contributed by atoms with Crippen LogP contribution in [0.1, 0.15) is 30.1 Å². The average Bonchev–Trinajstić information content (AvgIpc) is 2.28. The number of carbonyl (C=O) groups is 1. The fourth-order valence-corrected chi connectivity index (χ4v) is 1.36. The number of benzene rings is 1. The molecule has 0 saturated heterocycles. The van der Waals surface area contributed by atoms with Crippen molar-refractivity contribution in [2.45, 2.75) is 25.9 Å². The van der Waals surface area contributed by atoms with E-state index in [4.69, 9.17) is 4.74 Å². The zero-order chi connectivity index (χ0) is 12.0. The Labute approximate surface area is 95.4 Å². The van der Waals surface area contributed by atoms with Crippen molar-refractivity contribution < 1.29 is 14.6 Å². The molecule has 1 unspecified atom stereocenters. The largest absolute Gasteiger partial charge is 0.507 e. The molecule has 0 amide bonds. The van der Waals surface area contributed by atoms with E-state index in [0.717, 1.165) is 12.8 Å². The van der Waals surface area contributed by atoms with Gasteiger partial charge in [0.05, 0.1) is 0 Å². The monoisotopic (exact) mass is 220 g/mol. The van der Waals surface area contributed by atoms with Crippen LogP contribution in [0.15, 0.2) is 36.9 Å². The molecule has 1 aromatic carbocycles. The highest BCUT2D eigenvalue weighted by Crippen LogP contribution is 2.18. The van der Waals surface area contributed by atoms with Gasteiger partial charge in [-0.3, -0.25) is 0 Å². The van der Waals surface area contributed by atoms with Crippen LogP contribution >= 0.6 is 0 Å². The summed E-state index contributed by atoms with van der Waals surface area (Å²) in [6.45, 7) is 5.61. The van der Waals surface area contributed by atoms with E-state index in [9.17, 15) is 9.90 Å². The maximum absolute atomic E-state index is 11.7. The van der Waals surface area contributed by atoms with Crippen LogP contribution in [0.25, 0.3) is 0 Å². The van der Waals surface area contributed by atoms with Crippen molar-refractivity contribution in [3.8, 4) is 5.75 Å². The zero-order valence-electron chi connectivity index (χ0n) is 9.35. The first-order chi connectivity index (χ1) is 7.69. The lowest BCUT2D eigenvalue weighted by atomic mass is 10.2. The first kappa shape index (κ1) is 12.3. The minimum Gasteiger partial charge on any atom is -0.507 e. The van der Waals surface area contributed by atoms with Gasteiger partial charge in [0.2, 0.25) is 0 Å². The van der Waals surface area contributed by atoms with Crippen LogP contribution in [0.3, 0.4) is 0 Å². The third-order valence-corrected chi connectivity index (χ3v) is 2.22. The molecule has 1 atom stereocenters. The molecule has 3 heteroatoms. The normalized spacial score (nSPS) is 11.8. The van der Waals surface area contributed by atoms with Crippen molar-refractivity contribution >= 4 is 5.97 Å². The molecule has 0 bridgehead atoms. The van der Waals surface area contributed by atoms with Crippen molar-refractivity contribution in [2.75, 3.05) is 0 Å². The third kappa shape index (κ3) is 3.12.